The second-order valence-electron chi connectivity index (χ2n) is 6.01. The molecule has 1 unspecified atom stereocenters. The van der Waals surface area contributed by atoms with Crippen LogP contribution in [0, 0.1) is 5.82 Å². The van der Waals surface area contributed by atoms with E-state index in [0.717, 1.165) is 24.6 Å². The molecule has 11 heteroatoms. The first-order valence-electron chi connectivity index (χ1n) is 8.24. The topological polar surface area (TPSA) is 136 Å². The Labute approximate surface area is 155 Å². The smallest absolute Gasteiger partial charge is 0.338 e. The zero-order chi connectivity index (χ0) is 20.2. The highest BCUT2D eigenvalue weighted by molar-refractivity contribution is 7.89. The summed E-state index contributed by atoms with van der Waals surface area (Å²) in [6.45, 7) is 1.76. The number of ether oxygens (including phenoxy) is 1. The van der Waals surface area contributed by atoms with Gasteiger partial charge in [-0.3, -0.25) is 10.1 Å². The molecular weight excluding hydrogens is 381 g/mol. The van der Waals surface area contributed by atoms with Gasteiger partial charge in [0.05, 0.1) is 5.56 Å². The lowest BCUT2D eigenvalue weighted by Gasteiger charge is -2.26. The van der Waals surface area contributed by atoms with Gasteiger partial charge in [-0.15, -0.1) is 0 Å². The molecule has 1 aliphatic rings. The van der Waals surface area contributed by atoms with E-state index in [1.54, 1.807) is 5.32 Å². The summed E-state index contributed by atoms with van der Waals surface area (Å²) in [6, 6.07) is 1.66. The van der Waals surface area contributed by atoms with Crippen LogP contribution in [-0.2, 0) is 19.6 Å². The zero-order valence-corrected chi connectivity index (χ0v) is 15.4. The first-order chi connectivity index (χ1) is 12.6. The molecule has 9 nitrogen and oxygen atoms in total. The minimum Gasteiger partial charge on any atom is -0.449 e. The number of esters is 1. The Morgan fingerprint density at radius 3 is 2.44 bits per heavy atom. The van der Waals surface area contributed by atoms with Crippen LogP contribution in [0.4, 0.5) is 9.18 Å². The SMILES string of the molecule is CC(OC(=O)c1ccc(F)c(S(=O)(=O)N2CCCCC2)c1)C(=O)NC(N)=O. The van der Waals surface area contributed by atoms with Crippen molar-refractivity contribution in [3.8, 4) is 0 Å². The van der Waals surface area contributed by atoms with Gasteiger partial charge in [-0.05, 0) is 38.0 Å². The summed E-state index contributed by atoms with van der Waals surface area (Å²) in [5.41, 5.74) is 4.56. The molecule has 3 amide bonds. The third kappa shape index (κ3) is 5.01. The van der Waals surface area contributed by atoms with E-state index in [0.29, 0.717) is 12.8 Å². The summed E-state index contributed by atoms with van der Waals surface area (Å²) in [7, 11) is -4.10. The van der Waals surface area contributed by atoms with E-state index in [2.05, 4.69) is 0 Å². The Morgan fingerprint density at radius 2 is 1.85 bits per heavy atom. The molecule has 0 aliphatic carbocycles. The molecule has 148 valence electrons. The number of benzene rings is 1. The van der Waals surface area contributed by atoms with Gasteiger partial charge < -0.3 is 10.5 Å². The number of nitrogens with zero attached hydrogens (tertiary/aromatic N) is 1. The van der Waals surface area contributed by atoms with Crippen LogP contribution < -0.4 is 11.1 Å². The summed E-state index contributed by atoms with van der Waals surface area (Å²) in [5, 5.41) is 1.75. The van der Waals surface area contributed by atoms with E-state index in [4.69, 9.17) is 10.5 Å². The number of urea groups is 1. The van der Waals surface area contributed by atoms with Crippen molar-refractivity contribution in [3.05, 3.63) is 29.6 Å². The molecular formula is C16H20FN3O6S. The lowest BCUT2D eigenvalue weighted by Crippen LogP contribution is -2.42. The minimum atomic E-state index is -4.10. The number of primary amides is 1. The van der Waals surface area contributed by atoms with Crippen LogP contribution in [-0.4, -0.2) is 49.8 Å². The largest absolute Gasteiger partial charge is 0.449 e. The number of rotatable bonds is 5. The molecule has 0 aromatic heterocycles. The Balaban J connectivity index is 2.22. The van der Waals surface area contributed by atoms with Crippen molar-refractivity contribution in [2.24, 2.45) is 5.73 Å². The Bertz CT molecular complexity index is 852. The maximum atomic E-state index is 14.1. The number of nitrogens with one attached hydrogen (secondary N) is 1. The Hall–Kier alpha value is -2.53. The number of amides is 3. The number of halogens is 1. The first-order valence-corrected chi connectivity index (χ1v) is 9.68. The van der Waals surface area contributed by atoms with E-state index in [-0.39, 0.29) is 18.7 Å². The Kier molecular flexibility index (Phi) is 6.50. The van der Waals surface area contributed by atoms with Crippen LogP contribution in [0.25, 0.3) is 0 Å². The molecule has 0 spiro atoms. The molecule has 1 fully saturated rings. The van der Waals surface area contributed by atoms with Crippen LogP contribution in [0.1, 0.15) is 36.5 Å². The van der Waals surface area contributed by atoms with E-state index in [1.165, 1.54) is 11.2 Å². The maximum absolute atomic E-state index is 14.1. The van der Waals surface area contributed by atoms with Crippen molar-refractivity contribution in [3.63, 3.8) is 0 Å². The molecule has 0 bridgehead atoms. The third-order valence-corrected chi connectivity index (χ3v) is 5.91. The fourth-order valence-corrected chi connectivity index (χ4v) is 4.18. The third-order valence-electron chi connectivity index (χ3n) is 4.00. The summed E-state index contributed by atoms with van der Waals surface area (Å²) in [5.74, 6) is -2.98. The molecule has 0 radical (unpaired) electrons. The summed E-state index contributed by atoms with van der Waals surface area (Å²) < 4.78 is 45.5. The van der Waals surface area contributed by atoms with Crippen molar-refractivity contribution in [2.45, 2.75) is 37.2 Å². The molecule has 1 aliphatic heterocycles. The maximum Gasteiger partial charge on any atom is 0.338 e. The molecule has 0 saturated carbocycles. The van der Waals surface area contributed by atoms with Gasteiger partial charge in [0.1, 0.15) is 10.7 Å². The van der Waals surface area contributed by atoms with Gasteiger partial charge in [0.15, 0.2) is 6.10 Å². The van der Waals surface area contributed by atoms with Crippen LogP contribution in [0.15, 0.2) is 23.1 Å². The normalized spacial score (nSPS) is 16.4. The van der Waals surface area contributed by atoms with Gasteiger partial charge in [-0.2, -0.15) is 4.31 Å². The molecule has 1 atom stereocenters. The highest BCUT2D eigenvalue weighted by Gasteiger charge is 2.30. The quantitative estimate of drug-likeness (QED) is 0.699. The van der Waals surface area contributed by atoms with Crippen molar-refractivity contribution in [1.82, 2.24) is 9.62 Å². The van der Waals surface area contributed by atoms with E-state index >= 15 is 0 Å². The number of piperidine rings is 1. The van der Waals surface area contributed by atoms with E-state index < -0.39 is 44.7 Å². The van der Waals surface area contributed by atoms with Crippen molar-refractivity contribution < 1.29 is 31.9 Å². The van der Waals surface area contributed by atoms with Gasteiger partial charge in [0.25, 0.3) is 5.91 Å². The number of carbonyl (C=O) groups is 3. The molecule has 1 aromatic carbocycles. The predicted octanol–water partition coefficient (Wildman–Crippen LogP) is 0.741. The highest BCUT2D eigenvalue weighted by atomic mass is 32.2. The number of hydrogen-bond donors (Lipinski definition) is 2. The van der Waals surface area contributed by atoms with Crippen LogP contribution in [0.2, 0.25) is 0 Å². The average molecular weight is 401 g/mol. The van der Waals surface area contributed by atoms with Gasteiger partial charge in [-0.25, -0.2) is 22.4 Å². The molecule has 1 heterocycles. The zero-order valence-electron chi connectivity index (χ0n) is 14.6. The predicted molar refractivity (Wildman–Crippen MR) is 91.6 cm³/mol. The van der Waals surface area contributed by atoms with E-state index in [9.17, 15) is 27.2 Å². The van der Waals surface area contributed by atoms with Crippen molar-refractivity contribution in [2.75, 3.05) is 13.1 Å². The summed E-state index contributed by atoms with van der Waals surface area (Å²) in [6.07, 6.45) is 0.883. The summed E-state index contributed by atoms with van der Waals surface area (Å²) in [4.78, 5) is 33.7. The highest BCUT2D eigenvalue weighted by Crippen LogP contribution is 2.24. The fraction of sp³-hybridized carbons (Fsp3) is 0.438. The number of nitrogens with two attached hydrogens (primary N) is 1. The molecule has 2 rings (SSSR count). The molecule has 3 N–H and O–H groups in total. The molecule has 1 aromatic rings. The lowest BCUT2D eigenvalue weighted by atomic mass is 10.2. The fourth-order valence-electron chi connectivity index (χ4n) is 2.58. The summed E-state index contributed by atoms with van der Waals surface area (Å²) >= 11 is 0. The van der Waals surface area contributed by atoms with Gasteiger partial charge in [0, 0.05) is 13.1 Å². The van der Waals surface area contributed by atoms with Crippen LogP contribution >= 0.6 is 0 Å². The van der Waals surface area contributed by atoms with Crippen molar-refractivity contribution in [1.29, 1.82) is 0 Å². The standard InChI is InChI=1S/C16H20FN3O6S/c1-10(14(21)19-16(18)23)26-15(22)11-5-6-12(17)13(9-11)27(24,25)20-7-3-2-4-8-20/h5-6,9-10H,2-4,7-8H2,1H3,(H3,18,19,21,23). The number of sulfonamides is 1. The lowest BCUT2D eigenvalue weighted by molar-refractivity contribution is -0.127. The number of imide groups is 1. The van der Waals surface area contributed by atoms with Gasteiger partial charge in [-0.1, -0.05) is 6.42 Å². The molecule has 1 saturated heterocycles. The molecule has 27 heavy (non-hydrogen) atoms. The van der Waals surface area contributed by atoms with Crippen LogP contribution in [0.5, 0.6) is 0 Å². The van der Waals surface area contributed by atoms with E-state index in [1.807, 2.05) is 0 Å². The Morgan fingerprint density at radius 1 is 1.22 bits per heavy atom. The van der Waals surface area contributed by atoms with Crippen molar-refractivity contribution >= 4 is 27.9 Å². The minimum absolute atomic E-state index is 0.245. The average Bonchev–Trinajstić information content (AvgIpc) is 2.61. The number of hydrogen-bond acceptors (Lipinski definition) is 6. The number of carbonyl (C=O) groups excluding carboxylic acids is 3. The monoisotopic (exact) mass is 401 g/mol. The first kappa shape index (κ1) is 20.8. The van der Waals surface area contributed by atoms with Crippen LogP contribution in [0.3, 0.4) is 0 Å². The second-order valence-corrected chi connectivity index (χ2v) is 7.92. The second kappa shape index (κ2) is 8.44. The van der Waals surface area contributed by atoms with Gasteiger partial charge in [0.2, 0.25) is 10.0 Å². The van der Waals surface area contributed by atoms with Gasteiger partial charge >= 0.3 is 12.0 Å².